The number of likely N-dealkylation sites (N-methyl/N-ethyl adjacent to an activating group) is 1. The average Bonchev–Trinajstić information content (AvgIpc) is 2.77. The topological polar surface area (TPSA) is 49.4 Å². The first-order valence-electron chi connectivity index (χ1n) is 11.3. The lowest BCUT2D eigenvalue weighted by Gasteiger charge is -2.32. The van der Waals surface area contributed by atoms with Crippen molar-refractivity contribution in [2.24, 2.45) is 0 Å². The summed E-state index contributed by atoms with van der Waals surface area (Å²) in [6.07, 6.45) is 0.646. The highest BCUT2D eigenvalue weighted by Gasteiger charge is 2.30. The standard InChI is InChI=1S/C28H31ClN2O2/c1-4-30-28(33)26(17-22-10-6-5-7-11-22)31(19-24-12-8-9-13-25(24)29)27(32)18-23-15-20(2)14-21(3)16-23/h5-16,26H,4,17-19H2,1-3H3,(H,30,33)/t26-/m1/s1. The summed E-state index contributed by atoms with van der Waals surface area (Å²) in [6.45, 7) is 6.69. The van der Waals surface area contributed by atoms with Crippen molar-refractivity contribution in [3.63, 3.8) is 0 Å². The second kappa shape index (κ2) is 11.7. The van der Waals surface area contributed by atoms with Crippen molar-refractivity contribution < 1.29 is 9.59 Å². The van der Waals surface area contributed by atoms with Gasteiger partial charge in [0.2, 0.25) is 11.8 Å². The van der Waals surface area contributed by atoms with Crippen LogP contribution in [0.5, 0.6) is 0 Å². The number of hydrogen-bond acceptors (Lipinski definition) is 2. The van der Waals surface area contributed by atoms with Gasteiger partial charge >= 0.3 is 0 Å². The van der Waals surface area contributed by atoms with Crippen LogP contribution in [0.3, 0.4) is 0 Å². The second-order valence-corrected chi connectivity index (χ2v) is 8.79. The Morgan fingerprint density at radius 3 is 2.18 bits per heavy atom. The molecule has 0 aliphatic carbocycles. The minimum atomic E-state index is -0.651. The van der Waals surface area contributed by atoms with Crippen LogP contribution in [0.2, 0.25) is 5.02 Å². The Morgan fingerprint density at radius 2 is 1.55 bits per heavy atom. The summed E-state index contributed by atoms with van der Waals surface area (Å²) in [5.74, 6) is -0.269. The van der Waals surface area contributed by atoms with Crippen LogP contribution in [0, 0.1) is 13.8 Å². The molecule has 0 saturated carbocycles. The smallest absolute Gasteiger partial charge is 0.243 e. The molecule has 0 spiro atoms. The quantitative estimate of drug-likeness (QED) is 0.470. The van der Waals surface area contributed by atoms with Gasteiger partial charge in [0.1, 0.15) is 6.04 Å². The summed E-state index contributed by atoms with van der Waals surface area (Å²) in [6, 6.07) is 22.7. The number of hydrogen-bond donors (Lipinski definition) is 1. The van der Waals surface area contributed by atoms with Crippen molar-refractivity contribution in [1.82, 2.24) is 10.2 Å². The van der Waals surface area contributed by atoms with Crippen LogP contribution in [-0.2, 0) is 29.0 Å². The predicted octanol–water partition coefficient (Wildman–Crippen LogP) is 5.28. The van der Waals surface area contributed by atoms with Crippen molar-refractivity contribution >= 4 is 23.4 Å². The predicted molar refractivity (Wildman–Crippen MR) is 134 cm³/mol. The maximum atomic E-state index is 13.7. The molecule has 5 heteroatoms. The first kappa shape index (κ1) is 24.5. The van der Waals surface area contributed by atoms with E-state index < -0.39 is 6.04 Å². The molecular formula is C28H31ClN2O2. The number of nitrogens with one attached hydrogen (secondary N) is 1. The van der Waals surface area contributed by atoms with E-state index >= 15 is 0 Å². The van der Waals surface area contributed by atoms with Gasteiger partial charge in [0.25, 0.3) is 0 Å². The molecule has 33 heavy (non-hydrogen) atoms. The number of benzene rings is 3. The van der Waals surface area contributed by atoms with Crippen LogP contribution < -0.4 is 5.32 Å². The minimum absolute atomic E-state index is 0.105. The van der Waals surface area contributed by atoms with Gasteiger partial charge in [0.15, 0.2) is 0 Å². The Labute approximate surface area is 201 Å². The molecule has 0 aliphatic heterocycles. The number of halogens is 1. The summed E-state index contributed by atoms with van der Waals surface area (Å²) >= 11 is 6.44. The third-order valence-corrected chi connectivity index (χ3v) is 5.93. The van der Waals surface area contributed by atoms with Gasteiger partial charge < -0.3 is 10.2 Å². The van der Waals surface area contributed by atoms with Gasteiger partial charge in [-0.3, -0.25) is 9.59 Å². The van der Waals surface area contributed by atoms with E-state index in [1.807, 2.05) is 87.5 Å². The molecule has 3 aromatic rings. The third-order valence-electron chi connectivity index (χ3n) is 5.56. The maximum absolute atomic E-state index is 13.7. The fraction of sp³-hybridized carbons (Fsp3) is 0.286. The Kier molecular flexibility index (Phi) is 8.67. The lowest BCUT2D eigenvalue weighted by molar-refractivity contribution is -0.140. The van der Waals surface area contributed by atoms with Gasteiger partial charge in [-0.25, -0.2) is 0 Å². The van der Waals surface area contributed by atoms with E-state index in [0.29, 0.717) is 18.0 Å². The van der Waals surface area contributed by atoms with E-state index in [-0.39, 0.29) is 24.8 Å². The molecule has 0 unspecified atom stereocenters. The van der Waals surface area contributed by atoms with Gasteiger partial charge in [-0.1, -0.05) is 89.5 Å². The van der Waals surface area contributed by atoms with Crippen molar-refractivity contribution in [3.8, 4) is 0 Å². The molecule has 0 saturated heterocycles. The van der Waals surface area contributed by atoms with Gasteiger partial charge in [0.05, 0.1) is 6.42 Å². The van der Waals surface area contributed by atoms with E-state index in [9.17, 15) is 9.59 Å². The number of aryl methyl sites for hydroxylation is 2. The minimum Gasteiger partial charge on any atom is -0.355 e. The van der Waals surface area contributed by atoms with Crippen LogP contribution >= 0.6 is 11.6 Å². The lowest BCUT2D eigenvalue weighted by atomic mass is 10.0. The van der Waals surface area contributed by atoms with Crippen LogP contribution in [0.1, 0.15) is 34.7 Å². The van der Waals surface area contributed by atoms with E-state index in [2.05, 4.69) is 11.4 Å². The molecule has 0 aliphatic rings. The van der Waals surface area contributed by atoms with Crippen molar-refractivity contribution in [2.75, 3.05) is 6.54 Å². The molecule has 3 aromatic carbocycles. The number of amides is 2. The van der Waals surface area contributed by atoms with Gasteiger partial charge in [-0.2, -0.15) is 0 Å². The summed E-state index contributed by atoms with van der Waals surface area (Å²) < 4.78 is 0. The SMILES string of the molecule is CCNC(=O)[C@@H](Cc1ccccc1)N(Cc1ccccc1Cl)C(=O)Cc1cc(C)cc(C)c1. The summed E-state index contributed by atoms with van der Waals surface area (Å²) in [4.78, 5) is 28.6. The van der Waals surface area contributed by atoms with E-state index in [1.54, 1.807) is 4.90 Å². The molecule has 1 atom stereocenters. The van der Waals surface area contributed by atoms with Crippen LogP contribution in [0.15, 0.2) is 72.8 Å². The van der Waals surface area contributed by atoms with Crippen molar-refractivity contribution in [1.29, 1.82) is 0 Å². The molecule has 0 radical (unpaired) electrons. The van der Waals surface area contributed by atoms with Gasteiger partial charge in [0, 0.05) is 24.5 Å². The zero-order valence-corrected chi connectivity index (χ0v) is 20.2. The molecule has 0 bridgehead atoms. The van der Waals surface area contributed by atoms with Crippen molar-refractivity contribution in [2.45, 2.75) is 46.2 Å². The van der Waals surface area contributed by atoms with Crippen molar-refractivity contribution in [3.05, 3.63) is 106 Å². The second-order valence-electron chi connectivity index (χ2n) is 8.39. The molecule has 172 valence electrons. The molecular weight excluding hydrogens is 432 g/mol. The van der Waals surface area contributed by atoms with E-state index in [4.69, 9.17) is 11.6 Å². The molecule has 0 fully saturated rings. The first-order chi connectivity index (χ1) is 15.9. The highest BCUT2D eigenvalue weighted by Crippen LogP contribution is 2.22. The lowest BCUT2D eigenvalue weighted by Crippen LogP contribution is -2.51. The summed E-state index contributed by atoms with van der Waals surface area (Å²) in [5.41, 5.74) is 4.98. The van der Waals surface area contributed by atoms with Gasteiger partial charge in [-0.15, -0.1) is 0 Å². The zero-order chi connectivity index (χ0) is 23.8. The van der Waals surface area contributed by atoms with E-state index in [1.165, 1.54) is 0 Å². The fourth-order valence-electron chi connectivity index (χ4n) is 4.10. The van der Waals surface area contributed by atoms with Crippen LogP contribution in [-0.4, -0.2) is 29.3 Å². The molecule has 3 rings (SSSR count). The monoisotopic (exact) mass is 462 g/mol. The molecule has 1 N–H and O–H groups in total. The van der Waals surface area contributed by atoms with Gasteiger partial charge in [-0.05, 0) is 43.5 Å². The van der Waals surface area contributed by atoms with Crippen LogP contribution in [0.4, 0.5) is 0 Å². The third kappa shape index (κ3) is 6.93. The molecule has 0 heterocycles. The Morgan fingerprint density at radius 1 is 0.909 bits per heavy atom. The first-order valence-corrected chi connectivity index (χ1v) is 11.7. The van der Waals surface area contributed by atoms with E-state index in [0.717, 1.165) is 27.8 Å². The number of nitrogens with zero attached hydrogens (tertiary/aromatic N) is 1. The Bertz CT molecular complexity index is 1080. The normalized spacial score (nSPS) is 11.6. The number of carbonyl (C=O) groups excluding carboxylic acids is 2. The molecule has 0 aromatic heterocycles. The fourth-order valence-corrected chi connectivity index (χ4v) is 4.30. The maximum Gasteiger partial charge on any atom is 0.243 e. The summed E-state index contributed by atoms with van der Waals surface area (Å²) in [5, 5.41) is 3.50. The molecule has 4 nitrogen and oxygen atoms in total. The highest BCUT2D eigenvalue weighted by atomic mass is 35.5. The number of rotatable bonds is 9. The summed E-state index contributed by atoms with van der Waals surface area (Å²) in [7, 11) is 0. The van der Waals surface area contributed by atoms with Crippen LogP contribution in [0.25, 0.3) is 0 Å². The average molecular weight is 463 g/mol. The highest BCUT2D eigenvalue weighted by molar-refractivity contribution is 6.31. The number of carbonyl (C=O) groups is 2. The molecule has 2 amide bonds. The zero-order valence-electron chi connectivity index (χ0n) is 19.5. The Hall–Kier alpha value is -3.11. The largest absolute Gasteiger partial charge is 0.355 e. The Balaban J connectivity index is 1.98.